The Balaban J connectivity index is 1.86. The van der Waals surface area contributed by atoms with Gasteiger partial charge in [-0.15, -0.1) is 0 Å². The summed E-state index contributed by atoms with van der Waals surface area (Å²) in [6.45, 7) is 0. The summed E-state index contributed by atoms with van der Waals surface area (Å²) >= 11 is 0. The van der Waals surface area contributed by atoms with Crippen LogP contribution in [-0.4, -0.2) is 8.42 Å². The average molecular weight is 351 g/mol. The van der Waals surface area contributed by atoms with Gasteiger partial charge in [0.15, 0.2) is 0 Å². The molecule has 0 aromatic heterocycles. The lowest BCUT2D eigenvalue weighted by Gasteiger charge is -2.30. The van der Waals surface area contributed by atoms with E-state index in [0.29, 0.717) is 18.4 Å². The Hall–Kier alpha value is -1.79. The molecule has 128 valence electrons. The van der Waals surface area contributed by atoms with Crippen molar-refractivity contribution >= 4 is 10.0 Å². The topological polar surface area (TPSA) is 46.2 Å². The first-order chi connectivity index (χ1) is 11.4. The lowest BCUT2D eigenvalue weighted by molar-refractivity contribution is 0.403. The Labute approximate surface area is 140 Å². The smallest absolute Gasteiger partial charge is 0.212 e. The minimum absolute atomic E-state index is 0.284. The second-order valence-electron chi connectivity index (χ2n) is 6.29. The molecule has 0 unspecified atom stereocenters. The third-order valence-electron chi connectivity index (χ3n) is 4.45. The Kier molecular flexibility index (Phi) is 4.69. The molecule has 0 saturated heterocycles. The van der Waals surface area contributed by atoms with Crippen LogP contribution < -0.4 is 4.72 Å². The van der Waals surface area contributed by atoms with Crippen LogP contribution in [0.2, 0.25) is 0 Å². The average Bonchev–Trinajstić information content (AvgIpc) is 2.96. The Morgan fingerprint density at radius 3 is 2.25 bits per heavy atom. The molecule has 0 spiro atoms. The molecule has 3 nitrogen and oxygen atoms in total. The molecule has 24 heavy (non-hydrogen) atoms. The van der Waals surface area contributed by atoms with Gasteiger partial charge < -0.3 is 0 Å². The highest BCUT2D eigenvalue weighted by Gasteiger charge is 2.39. The zero-order valence-electron chi connectivity index (χ0n) is 13.1. The molecule has 1 aliphatic carbocycles. The van der Waals surface area contributed by atoms with Gasteiger partial charge in [0.2, 0.25) is 10.0 Å². The molecule has 1 aliphatic rings. The van der Waals surface area contributed by atoms with E-state index in [4.69, 9.17) is 0 Å². The third kappa shape index (κ3) is 3.82. The van der Waals surface area contributed by atoms with E-state index >= 15 is 0 Å². The van der Waals surface area contributed by atoms with Crippen molar-refractivity contribution in [3.05, 3.63) is 71.3 Å². The zero-order chi connectivity index (χ0) is 17.2. The fourth-order valence-corrected chi connectivity index (χ4v) is 4.98. The summed E-state index contributed by atoms with van der Waals surface area (Å²) in [6.07, 6.45) is 3.14. The molecule has 0 radical (unpaired) electrons. The standard InChI is InChI=1S/C18H19F2NO2S/c19-16-8-6-15(7-9-16)18(10-1-2-11-18)21-24(22,23)13-14-4-3-5-17(20)12-14/h3-9,12,21H,1-2,10-11,13H2. The van der Waals surface area contributed by atoms with Crippen molar-refractivity contribution in [3.63, 3.8) is 0 Å². The molecule has 1 fully saturated rings. The molecule has 0 amide bonds. The van der Waals surface area contributed by atoms with Crippen LogP contribution in [0.15, 0.2) is 48.5 Å². The fourth-order valence-electron chi connectivity index (χ4n) is 3.38. The normalized spacial score (nSPS) is 17.1. The van der Waals surface area contributed by atoms with Gasteiger partial charge in [-0.1, -0.05) is 37.1 Å². The van der Waals surface area contributed by atoms with Gasteiger partial charge in [-0.05, 0) is 48.2 Å². The van der Waals surface area contributed by atoms with E-state index in [1.807, 2.05) is 0 Å². The number of hydrogen-bond acceptors (Lipinski definition) is 2. The van der Waals surface area contributed by atoms with Crippen LogP contribution in [0.5, 0.6) is 0 Å². The Morgan fingerprint density at radius 2 is 1.62 bits per heavy atom. The van der Waals surface area contributed by atoms with Gasteiger partial charge in [-0.3, -0.25) is 0 Å². The highest BCUT2D eigenvalue weighted by atomic mass is 32.2. The number of sulfonamides is 1. The van der Waals surface area contributed by atoms with E-state index in [1.54, 1.807) is 18.2 Å². The molecule has 1 N–H and O–H groups in total. The molecular formula is C18H19F2NO2S. The fraction of sp³-hybridized carbons (Fsp3) is 0.333. The van der Waals surface area contributed by atoms with E-state index in [0.717, 1.165) is 18.4 Å². The molecule has 0 aliphatic heterocycles. The largest absolute Gasteiger partial charge is 0.216 e. The summed E-state index contributed by atoms with van der Waals surface area (Å²) in [5.74, 6) is -1.10. The van der Waals surface area contributed by atoms with Crippen molar-refractivity contribution in [2.45, 2.75) is 37.0 Å². The van der Waals surface area contributed by atoms with E-state index < -0.39 is 21.4 Å². The van der Waals surface area contributed by atoms with Crippen molar-refractivity contribution in [1.82, 2.24) is 4.72 Å². The monoisotopic (exact) mass is 351 g/mol. The summed E-state index contributed by atoms with van der Waals surface area (Å²) in [7, 11) is -3.66. The molecular weight excluding hydrogens is 332 g/mol. The van der Waals surface area contributed by atoms with E-state index in [-0.39, 0.29) is 11.6 Å². The van der Waals surface area contributed by atoms with Crippen LogP contribution in [0.3, 0.4) is 0 Å². The predicted molar refractivity (Wildman–Crippen MR) is 88.7 cm³/mol. The van der Waals surface area contributed by atoms with Crippen LogP contribution in [0.25, 0.3) is 0 Å². The van der Waals surface area contributed by atoms with Crippen molar-refractivity contribution in [2.75, 3.05) is 0 Å². The number of nitrogens with one attached hydrogen (secondary N) is 1. The maximum atomic E-state index is 13.3. The molecule has 2 aromatic rings. The maximum Gasteiger partial charge on any atom is 0.216 e. The van der Waals surface area contributed by atoms with Gasteiger partial charge in [0.1, 0.15) is 11.6 Å². The highest BCUT2D eigenvalue weighted by Crippen LogP contribution is 2.39. The van der Waals surface area contributed by atoms with Crippen LogP contribution >= 0.6 is 0 Å². The van der Waals surface area contributed by atoms with Gasteiger partial charge in [-0.2, -0.15) is 0 Å². The zero-order valence-corrected chi connectivity index (χ0v) is 14.0. The summed E-state index contributed by atoms with van der Waals surface area (Å²) < 4.78 is 54.5. The second kappa shape index (κ2) is 6.61. The van der Waals surface area contributed by atoms with Gasteiger partial charge in [0, 0.05) is 0 Å². The van der Waals surface area contributed by atoms with Crippen molar-refractivity contribution in [1.29, 1.82) is 0 Å². The highest BCUT2D eigenvalue weighted by molar-refractivity contribution is 7.88. The quantitative estimate of drug-likeness (QED) is 0.889. The summed E-state index contributed by atoms with van der Waals surface area (Å²) in [6, 6.07) is 11.5. The number of hydrogen-bond donors (Lipinski definition) is 1. The van der Waals surface area contributed by atoms with Gasteiger partial charge >= 0.3 is 0 Å². The van der Waals surface area contributed by atoms with Gasteiger partial charge in [-0.25, -0.2) is 21.9 Å². The first-order valence-corrected chi connectivity index (χ1v) is 9.56. The summed E-state index contributed by atoms with van der Waals surface area (Å²) in [4.78, 5) is 0. The molecule has 0 atom stereocenters. The maximum absolute atomic E-state index is 13.3. The third-order valence-corrected chi connectivity index (χ3v) is 5.87. The predicted octanol–water partition coefficient (Wildman–Crippen LogP) is 3.85. The molecule has 2 aromatic carbocycles. The van der Waals surface area contributed by atoms with Crippen molar-refractivity contribution < 1.29 is 17.2 Å². The summed E-state index contributed by atoms with van der Waals surface area (Å²) in [5, 5.41) is 0. The summed E-state index contributed by atoms with van der Waals surface area (Å²) in [5.41, 5.74) is 0.457. The van der Waals surface area contributed by atoms with Crippen molar-refractivity contribution in [2.24, 2.45) is 0 Å². The Bertz CT molecular complexity index is 813. The molecule has 0 heterocycles. The Morgan fingerprint density at radius 1 is 0.958 bits per heavy atom. The lowest BCUT2D eigenvalue weighted by atomic mass is 9.89. The molecule has 0 bridgehead atoms. The van der Waals surface area contributed by atoms with Crippen LogP contribution in [0, 0.1) is 11.6 Å². The first-order valence-electron chi connectivity index (χ1n) is 7.91. The van der Waals surface area contributed by atoms with Crippen LogP contribution in [0.4, 0.5) is 8.78 Å². The van der Waals surface area contributed by atoms with Gasteiger partial charge in [0.25, 0.3) is 0 Å². The van der Waals surface area contributed by atoms with Crippen LogP contribution in [-0.2, 0) is 21.3 Å². The first kappa shape index (κ1) is 17.0. The number of halogens is 2. The second-order valence-corrected chi connectivity index (χ2v) is 8.01. The van der Waals surface area contributed by atoms with Crippen LogP contribution in [0.1, 0.15) is 36.8 Å². The number of benzene rings is 2. The van der Waals surface area contributed by atoms with E-state index in [9.17, 15) is 17.2 Å². The minimum Gasteiger partial charge on any atom is -0.212 e. The SMILES string of the molecule is O=S(=O)(Cc1cccc(F)c1)NC1(c2ccc(F)cc2)CCCC1. The van der Waals surface area contributed by atoms with Gasteiger partial charge in [0.05, 0.1) is 11.3 Å². The molecule has 6 heteroatoms. The lowest BCUT2D eigenvalue weighted by Crippen LogP contribution is -2.44. The van der Waals surface area contributed by atoms with E-state index in [1.165, 1.54) is 30.3 Å². The van der Waals surface area contributed by atoms with Crippen molar-refractivity contribution in [3.8, 4) is 0 Å². The van der Waals surface area contributed by atoms with E-state index in [2.05, 4.69) is 4.72 Å². The minimum atomic E-state index is -3.66. The molecule has 1 saturated carbocycles. The molecule has 3 rings (SSSR count). The number of rotatable bonds is 5.